The van der Waals surface area contributed by atoms with Crippen LogP contribution in [0.25, 0.3) is 0 Å². The maximum atomic E-state index is 10.7. The van der Waals surface area contributed by atoms with Gasteiger partial charge in [0.1, 0.15) is 0 Å². The summed E-state index contributed by atoms with van der Waals surface area (Å²) in [6.07, 6.45) is 5.20. The second-order valence-corrected chi connectivity index (χ2v) is 3.18. The van der Waals surface area contributed by atoms with Crippen molar-refractivity contribution in [3.05, 3.63) is 48.0 Å². The van der Waals surface area contributed by atoms with Gasteiger partial charge >= 0.3 is 0 Å². The van der Waals surface area contributed by atoms with Gasteiger partial charge in [0.25, 0.3) is 0 Å². The number of hydrogen-bond acceptors (Lipinski definition) is 2. The summed E-state index contributed by atoms with van der Waals surface area (Å²) < 4.78 is 3.56. The van der Waals surface area contributed by atoms with Gasteiger partial charge < -0.3 is 9.13 Å². The third-order valence-electron chi connectivity index (χ3n) is 2.28. The SMILES string of the molecule is O=Cc1cccn1Cn1cccc1C=O. The van der Waals surface area contributed by atoms with Crippen LogP contribution in [0.5, 0.6) is 0 Å². The van der Waals surface area contributed by atoms with Crippen LogP contribution in [0.3, 0.4) is 0 Å². The highest BCUT2D eigenvalue weighted by Gasteiger charge is 2.02. The van der Waals surface area contributed by atoms with Crippen molar-refractivity contribution in [3.8, 4) is 0 Å². The highest BCUT2D eigenvalue weighted by molar-refractivity contribution is 5.73. The molecule has 2 aromatic heterocycles. The Kier molecular flexibility index (Phi) is 2.49. The molecule has 0 N–H and O–H groups in total. The van der Waals surface area contributed by atoms with Crippen molar-refractivity contribution in [3.63, 3.8) is 0 Å². The number of aromatic nitrogens is 2. The summed E-state index contributed by atoms with van der Waals surface area (Å²) in [7, 11) is 0. The van der Waals surface area contributed by atoms with Gasteiger partial charge in [0.15, 0.2) is 12.6 Å². The summed E-state index contributed by atoms with van der Waals surface area (Å²) in [4.78, 5) is 21.3. The van der Waals surface area contributed by atoms with Crippen molar-refractivity contribution in [1.82, 2.24) is 9.13 Å². The highest BCUT2D eigenvalue weighted by atomic mass is 16.1. The molecule has 0 bridgehead atoms. The molecule has 15 heavy (non-hydrogen) atoms. The van der Waals surface area contributed by atoms with Crippen LogP contribution >= 0.6 is 0 Å². The normalized spacial score (nSPS) is 10.1. The molecule has 0 amide bonds. The van der Waals surface area contributed by atoms with Crippen molar-refractivity contribution in [2.45, 2.75) is 6.67 Å². The number of rotatable bonds is 4. The average Bonchev–Trinajstić information content (AvgIpc) is 2.87. The van der Waals surface area contributed by atoms with E-state index < -0.39 is 0 Å². The number of hydrogen-bond donors (Lipinski definition) is 0. The Hall–Kier alpha value is -2.10. The molecule has 0 aliphatic heterocycles. The largest absolute Gasteiger partial charge is 0.327 e. The second-order valence-electron chi connectivity index (χ2n) is 3.18. The Labute approximate surface area is 86.7 Å². The molecule has 4 nitrogen and oxygen atoms in total. The van der Waals surface area contributed by atoms with E-state index in [4.69, 9.17) is 0 Å². The minimum atomic E-state index is 0.474. The lowest BCUT2D eigenvalue weighted by molar-refractivity contribution is 0.111. The van der Waals surface area contributed by atoms with Crippen LogP contribution in [-0.4, -0.2) is 21.7 Å². The topological polar surface area (TPSA) is 44.0 Å². The van der Waals surface area contributed by atoms with Crippen molar-refractivity contribution in [1.29, 1.82) is 0 Å². The van der Waals surface area contributed by atoms with Crippen LogP contribution in [0.2, 0.25) is 0 Å². The molecule has 0 radical (unpaired) electrons. The lowest BCUT2D eigenvalue weighted by Crippen LogP contribution is -2.10. The van der Waals surface area contributed by atoms with Crippen LogP contribution in [0, 0.1) is 0 Å². The molecule has 2 heterocycles. The van der Waals surface area contributed by atoms with E-state index in [2.05, 4.69) is 0 Å². The van der Waals surface area contributed by atoms with Crippen molar-refractivity contribution in [2.75, 3.05) is 0 Å². The van der Waals surface area contributed by atoms with E-state index in [0.29, 0.717) is 18.1 Å². The fraction of sp³-hybridized carbons (Fsp3) is 0.0909. The molecule has 76 valence electrons. The summed E-state index contributed by atoms with van der Waals surface area (Å²) in [5, 5.41) is 0. The van der Waals surface area contributed by atoms with E-state index in [9.17, 15) is 9.59 Å². The van der Waals surface area contributed by atoms with E-state index in [-0.39, 0.29) is 0 Å². The average molecular weight is 202 g/mol. The minimum absolute atomic E-state index is 0.474. The monoisotopic (exact) mass is 202 g/mol. The van der Waals surface area contributed by atoms with Crippen LogP contribution < -0.4 is 0 Å². The molecule has 0 atom stereocenters. The third-order valence-corrected chi connectivity index (χ3v) is 2.28. The smallest absolute Gasteiger partial charge is 0.166 e. The van der Waals surface area contributed by atoms with Crippen molar-refractivity contribution < 1.29 is 9.59 Å². The standard InChI is InChI=1S/C11H10N2O2/c14-7-10-3-1-5-12(10)9-13-6-2-4-11(13)8-15/h1-8H,9H2. The van der Waals surface area contributed by atoms with Gasteiger partial charge in [0.2, 0.25) is 0 Å². The Bertz CT molecular complexity index is 438. The molecular formula is C11H10N2O2. The second kappa shape index (κ2) is 3.96. The fourth-order valence-electron chi connectivity index (χ4n) is 1.49. The first-order valence-electron chi connectivity index (χ1n) is 4.56. The Morgan fingerprint density at radius 3 is 1.80 bits per heavy atom. The quantitative estimate of drug-likeness (QED) is 0.704. The van der Waals surface area contributed by atoms with Crippen molar-refractivity contribution in [2.24, 2.45) is 0 Å². The summed E-state index contributed by atoms with van der Waals surface area (Å²) in [6, 6.07) is 7.07. The van der Waals surface area contributed by atoms with Gasteiger partial charge in [-0.25, -0.2) is 0 Å². The van der Waals surface area contributed by atoms with E-state index in [1.54, 1.807) is 45.8 Å². The molecule has 0 aliphatic carbocycles. The first kappa shape index (κ1) is 9.45. The van der Waals surface area contributed by atoms with Gasteiger partial charge in [-0.2, -0.15) is 0 Å². The molecule has 0 fully saturated rings. The molecule has 0 aliphatic rings. The van der Waals surface area contributed by atoms with Crippen molar-refractivity contribution >= 4 is 12.6 Å². The van der Waals surface area contributed by atoms with Crippen LogP contribution in [0.15, 0.2) is 36.7 Å². The summed E-state index contributed by atoms with van der Waals surface area (Å²) in [5.74, 6) is 0. The Balaban J connectivity index is 2.29. The summed E-state index contributed by atoms with van der Waals surface area (Å²) in [5.41, 5.74) is 1.20. The number of carbonyl (C=O) groups is 2. The molecule has 0 unspecified atom stereocenters. The van der Waals surface area contributed by atoms with Gasteiger partial charge in [0.05, 0.1) is 18.1 Å². The lowest BCUT2D eigenvalue weighted by Gasteiger charge is -2.08. The third kappa shape index (κ3) is 1.74. The lowest BCUT2D eigenvalue weighted by atomic mass is 10.5. The van der Waals surface area contributed by atoms with Crippen LogP contribution in [-0.2, 0) is 6.67 Å². The maximum absolute atomic E-state index is 10.7. The van der Waals surface area contributed by atoms with E-state index in [1.807, 2.05) is 0 Å². The first-order valence-corrected chi connectivity index (χ1v) is 4.56. The van der Waals surface area contributed by atoms with Gasteiger partial charge in [0, 0.05) is 12.4 Å². The minimum Gasteiger partial charge on any atom is -0.327 e. The number of aldehydes is 2. The predicted molar refractivity (Wildman–Crippen MR) is 55.0 cm³/mol. The van der Waals surface area contributed by atoms with Crippen LogP contribution in [0.4, 0.5) is 0 Å². The van der Waals surface area contributed by atoms with Gasteiger partial charge in [-0.15, -0.1) is 0 Å². The van der Waals surface area contributed by atoms with Gasteiger partial charge in [-0.1, -0.05) is 0 Å². The molecule has 0 saturated carbocycles. The first-order chi connectivity index (χ1) is 7.35. The molecule has 0 spiro atoms. The molecule has 2 rings (SSSR count). The fourth-order valence-corrected chi connectivity index (χ4v) is 1.49. The van der Waals surface area contributed by atoms with E-state index in [1.165, 1.54) is 0 Å². The van der Waals surface area contributed by atoms with Gasteiger partial charge in [-0.05, 0) is 24.3 Å². The number of nitrogens with zero attached hydrogens (tertiary/aromatic N) is 2. The van der Waals surface area contributed by atoms with Gasteiger partial charge in [-0.3, -0.25) is 9.59 Å². The molecular weight excluding hydrogens is 192 g/mol. The number of carbonyl (C=O) groups excluding carboxylic acids is 2. The molecule has 2 aromatic rings. The molecule has 0 saturated heterocycles. The van der Waals surface area contributed by atoms with E-state index in [0.717, 1.165) is 12.6 Å². The zero-order chi connectivity index (χ0) is 10.7. The molecule has 4 heteroatoms. The predicted octanol–water partition coefficient (Wildman–Crippen LogP) is 1.42. The zero-order valence-electron chi connectivity index (χ0n) is 8.04. The zero-order valence-corrected chi connectivity index (χ0v) is 8.04. The van der Waals surface area contributed by atoms with Crippen LogP contribution in [0.1, 0.15) is 21.0 Å². The van der Waals surface area contributed by atoms with E-state index >= 15 is 0 Å². The molecule has 0 aromatic carbocycles. The Morgan fingerprint density at radius 2 is 1.40 bits per heavy atom. The Morgan fingerprint density at radius 1 is 0.933 bits per heavy atom. The summed E-state index contributed by atoms with van der Waals surface area (Å²) >= 11 is 0. The maximum Gasteiger partial charge on any atom is 0.166 e. The summed E-state index contributed by atoms with van der Waals surface area (Å²) in [6.45, 7) is 0.474. The highest BCUT2D eigenvalue weighted by Crippen LogP contribution is 2.04.